The third-order valence-electron chi connectivity index (χ3n) is 2.59. The number of carboxylic acids is 1. The van der Waals surface area contributed by atoms with E-state index in [-0.39, 0.29) is 31.1 Å². The summed E-state index contributed by atoms with van der Waals surface area (Å²) in [5, 5.41) is 8.80. The Labute approximate surface area is 107 Å². The van der Waals surface area contributed by atoms with Crippen LogP contribution in [-0.2, 0) is 19.1 Å². The van der Waals surface area contributed by atoms with Crippen molar-refractivity contribution >= 4 is 11.9 Å². The zero-order valence-electron chi connectivity index (χ0n) is 11.1. The fourth-order valence-corrected chi connectivity index (χ4v) is 1.71. The summed E-state index contributed by atoms with van der Waals surface area (Å²) in [7, 11) is 0. The van der Waals surface area contributed by atoms with Crippen LogP contribution >= 0.6 is 0 Å². The molecule has 1 amide bonds. The lowest BCUT2D eigenvalue weighted by Gasteiger charge is -2.35. The summed E-state index contributed by atoms with van der Waals surface area (Å²) in [6, 6.07) is -0.396. The van der Waals surface area contributed by atoms with Crippen molar-refractivity contribution in [2.45, 2.75) is 38.8 Å². The van der Waals surface area contributed by atoms with Crippen LogP contribution in [0.15, 0.2) is 0 Å². The van der Waals surface area contributed by atoms with Gasteiger partial charge in [0.05, 0.1) is 31.3 Å². The highest BCUT2D eigenvalue weighted by Crippen LogP contribution is 2.13. The third-order valence-corrected chi connectivity index (χ3v) is 2.59. The third kappa shape index (κ3) is 5.01. The molecule has 1 saturated heterocycles. The largest absolute Gasteiger partial charge is 0.481 e. The first kappa shape index (κ1) is 14.9. The quantitative estimate of drug-likeness (QED) is 0.795. The number of hydrogen-bond acceptors (Lipinski definition) is 4. The Morgan fingerprint density at radius 1 is 1.44 bits per heavy atom. The van der Waals surface area contributed by atoms with Crippen LogP contribution in [-0.4, -0.2) is 59.9 Å². The van der Waals surface area contributed by atoms with Crippen molar-refractivity contribution in [3.8, 4) is 0 Å². The first-order chi connectivity index (χ1) is 8.29. The molecule has 0 spiro atoms. The van der Waals surface area contributed by atoms with Gasteiger partial charge >= 0.3 is 5.97 Å². The van der Waals surface area contributed by atoms with E-state index in [4.69, 9.17) is 14.6 Å². The monoisotopic (exact) mass is 259 g/mol. The van der Waals surface area contributed by atoms with Crippen LogP contribution in [0.4, 0.5) is 0 Å². The molecule has 1 unspecified atom stereocenters. The van der Waals surface area contributed by atoms with E-state index in [0.29, 0.717) is 13.2 Å². The Kier molecular flexibility index (Phi) is 5.10. The van der Waals surface area contributed by atoms with Gasteiger partial charge in [-0.25, -0.2) is 0 Å². The molecule has 6 nitrogen and oxygen atoms in total. The molecule has 0 bridgehead atoms. The fraction of sp³-hybridized carbons (Fsp3) is 0.833. The molecular weight excluding hydrogens is 238 g/mol. The molecule has 0 aliphatic carbocycles. The van der Waals surface area contributed by atoms with Gasteiger partial charge < -0.3 is 19.5 Å². The van der Waals surface area contributed by atoms with E-state index in [9.17, 15) is 9.59 Å². The maximum absolute atomic E-state index is 12.0. The summed E-state index contributed by atoms with van der Waals surface area (Å²) in [6.45, 7) is 6.71. The van der Waals surface area contributed by atoms with E-state index < -0.39 is 12.0 Å². The molecule has 0 aromatic carbocycles. The van der Waals surface area contributed by atoms with Gasteiger partial charge in [0.2, 0.25) is 5.91 Å². The van der Waals surface area contributed by atoms with Gasteiger partial charge in [-0.2, -0.15) is 0 Å². The Hall–Kier alpha value is -1.14. The molecule has 0 aromatic rings. The lowest BCUT2D eigenvalue weighted by Crippen LogP contribution is -2.51. The highest BCUT2D eigenvalue weighted by molar-refractivity contribution is 5.79. The maximum atomic E-state index is 12.0. The summed E-state index contributed by atoms with van der Waals surface area (Å²) >= 11 is 0. The molecule has 1 aliphatic heterocycles. The molecule has 1 N–H and O–H groups in total. The first-order valence-electron chi connectivity index (χ1n) is 6.02. The number of ether oxygens (including phenoxy) is 2. The second-order valence-electron chi connectivity index (χ2n) is 5.31. The summed E-state index contributed by atoms with van der Waals surface area (Å²) in [5.74, 6) is -1.11. The second-order valence-corrected chi connectivity index (χ2v) is 5.31. The van der Waals surface area contributed by atoms with Crippen molar-refractivity contribution in [2.75, 3.05) is 26.4 Å². The van der Waals surface area contributed by atoms with E-state index >= 15 is 0 Å². The van der Waals surface area contributed by atoms with Gasteiger partial charge in [-0.15, -0.1) is 0 Å². The number of morpholine rings is 1. The lowest BCUT2D eigenvalue weighted by molar-refractivity contribution is -0.152. The van der Waals surface area contributed by atoms with E-state index in [1.165, 1.54) is 0 Å². The molecule has 1 aliphatic rings. The Bertz CT molecular complexity index is 310. The molecule has 104 valence electrons. The van der Waals surface area contributed by atoms with Gasteiger partial charge in [0, 0.05) is 6.54 Å². The molecule has 1 atom stereocenters. The van der Waals surface area contributed by atoms with Crippen molar-refractivity contribution < 1.29 is 24.2 Å². The number of carboxylic acid groups (broad SMARTS) is 1. The maximum Gasteiger partial charge on any atom is 0.305 e. The molecule has 0 radical (unpaired) electrons. The molecule has 1 rings (SSSR count). The number of amides is 1. The average Bonchev–Trinajstić information content (AvgIpc) is 2.25. The molecular formula is C12H21NO5. The van der Waals surface area contributed by atoms with Gasteiger partial charge in [-0.1, -0.05) is 0 Å². The van der Waals surface area contributed by atoms with E-state index in [0.717, 1.165) is 0 Å². The van der Waals surface area contributed by atoms with E-state index in [1.807, 2.05) is 20.8 Å². The van der Waals surface area contributed by atoms with Crippen molar-refractivity contribution in [2.24, 2.45) is 0 Å². The Balaban J connectivity index is 2.54. The van der Waals surface area contributed by atoms with Crippen molar-refractivity contribution in [3.05, 3.63) is 0 Å². The summed E-state index contributed by atoms with van der Waals surface area (Å²) in [6.07, 6.45) is -0.0960. The zero-order chi connectivity index (χ0) is 13.8. The SMILES string of the molecule is CC(C)(C)OCC(=O)N1CCOCC1CC(=O)O. The summed E-state index contributed by atoms with van der Waals surface area (Å²) < 4.78 is 10.6. The normalized spacial score (nSPS) is 20.8. The second kappa shape index (κ2) is 6.15. The number of rotatable bonds is 4. The van der Waals surface area contributed by atoms with Gasteiger partial charge in [0.15, 0.2) is 0 Å². The van der Waals surface area contributed by atoms with E-state index in [1.54, 1.807) is 4.90 Å². The first-order valence-corrected chi connectivity index (χ1v) is 6.02. The Morgan fingerprint density at radius 2 is 2.11 bits per heavy atom. The van der Waals surface area contributed by atoms with Gasteiger partial charge in [0.1, 0.15) is 6.61 Å². The van der Waals surface area contributed by atoms with Crippen LogP contribution in [0.2, 0.25) is 0 Å². The van der Waals surface area contributed by atoms with Crippen LogP contribution in [0.1, 0.15) is 27.2 Å². The molecule has 0 saturated carbocycles. The molecule has 0 aromatic heterocycles. The number of nitrogens with zero attached hydrogens (tertiary/aromatic N) is 1. The molecule has 6 heteroatoms. The molecule has 1 heterocycles. The van der Waals surface area contributed by atoms with Crippen LogP contribution < -0.4 is 0 Å². The van der Waals surface area contributed by atoms with Crippen molar-refractivity contribution in [3.63, 3.8) is 0 Å². The molecule has 1 fully saturated rings. The fourth-order valence-electron chi connectivity index (χ4n) is 1.71. The van der Waals surface area contributed by atoms with Gasteiger partial charge in [-0.3, -0.25) is 9.59 Å². The summed E-state index contributed by atoms with van der Waals surface area (Å²) in [5.41, 5.74) is -0.385. The van der Waals surface area contributed by atoms with Gasteiger partial charge in [0.25, 0.3) is 0 Å². The number of hydrogen-bond donors (Lipinski definition) is 1. The van der Waals surface area contributed by atoms with E-state index in [2.05, 4.69) is 0 Å². The number of carbonyl (C=O) groups is 2. The standard InChI is InChI=1S/C12H21NO5/c1-12(2,3)18-8-10(14)13-4-5-17-7-9(13)6-11(15)16/h9H,4-8H2,1-3H3,(H,15,16). The van der Waals surface area contributed by atoms with Crippen LogP contribution in [0, 0.1) is 0 Å². The highest BCUT2D eigenvalue weighted by atomic mass is 16.5. The highest BCUT2D eigenvalue weighted by Gasteiger charge is 2.29. The zero-order valence-corrected chi connectivity index (χ0v) is 11.1. The predicted octanol–water partition coefficient (Wildman–Crippen LogP) is 0.504. The number of carbonyl (C=O) groups excluding carboxylic acids is 1. The Morgan fingerprint density at radius 3 is 2.67 bits per heavy atom. The van der Waals surface area contributed by atoms with Crippen LogP contribution in [0.3, 0.4) is 0 Å². The van der Waals surface area contributed by atoms with Crippen LogP contribution in [0.25, 0.3) is 0 Å². The minimum Gasteiger partial charge on any atom is -0.481 e. The van der Waals surface area contributed by atoms with Gasteiger partial charge in [-0.05, 0) is 20.8 Å². The van der Waals surface area contributed by atoms with Crippen LogP contribution in [0.5, 0.6) is 0 Å². The topological polar surface area (TPSA) is 76.1 Å². The number of aliphatic carboxylic acids is 1. The average molecular weight is 259 g/mol. The van der Waals surface area contributed by atoms with Crippen molar-refractivity contribution in [1.29, 1.82) is 0 Å². The van der Waals surface area contributed by atoms with Crippen molar-refractivity contribution in [1.82, 2.24) is 4.90 Å². The minimum atomic E-state index is -0.931. The smallest absolute Gasteiger partial charge is 0.305 e. The lowest BCUT2D eigenvalue weighted by atomic mass is 10.1. The predicted molar refractivity (Wildman–Crippen MR) is 64.3 cm³/mol. The minimum absolute atomic E-state index is 0.0282. The summed E-state index contributed by atoms with van der Waals surface area (Å²) in [4.78, 5) is 24.3. The molecule has 18 heavy (non-hydrogen) atoms.